The summed E-state index contributed by atoms with van der Waals surface area (Å²) >= 11 is 0. The summed E-state index contributed by atoms with van der Waals surface area (Å²) in [6, 6.07) is 0. The van der Waals surface area contributed by atoms with E-state index in [1.54, 1.807) is 0 Å². The number of hydrogen-bond donors (Lipinski definition) is 0. The molecule has 0 heterocycles. The highest BCUT2D eigenvalue weighted by Crippen LogP contribution is 2.35. The van der Waals surface area contributed by atoms with Gasteiger partial charge in [-0.15, -0.1) is 0 Å². The molecule has 0 heteroatoms. The average Bonchev–Trinajstić information content (AvgIpc) is 2.15. The van der Waals surface area contributed by atoms with Gasteiger partial charge in [-0.3, -0.25) is 0 Å². The lowest BCUT2D eigenvalue weighted by Crippen LogP contribution is -2.15. The van der Waals surface area contributed by atoms with E-state index in [-0.39, 0.29) is 0 Å². The first kappa shape index (κ1) is 10.1. The van der Waals surface area contributed by atoms with Crippen molar-refractivity contribution in [2.24, 2.45) is 5.92 Å². The quantitative estimate of drug-likeness (QED) is 0.584. The van der Waals surface area contributed by atoms with Crippen LogP contribution in [0, 0.1) is 11.8 Å². The average molecular weight is 167 g/mol. The fourth-order valence-electron chi connectivity index (χ4n) is 2.50. The van der Waals surface area contributed by atoms with E-state index in [1.165, 1.54) is 51.4 Å². The first-order valence-corrected chi connectivity index (χ1v) is 5.73. The molecule has 0 bridgehead atoms. The van der Waals surface area contributed by atoms with Crippen molar-refractivity contribution >= 4 is 0 Å². The van der Waals surface area contributed by atoms with Crippen LogP contribution in [0.5, 0.6) is 0 Å². The van der Waals surface area contributed by atoms with Crippen LogP contribution in [0.2, 0.25) is 0 Å². The van der Waals surface area contributed by atoms with E-state index in [9.17, 15) is 0 Å². The Morgan fingerprint density at radius 3 is 2.25 bits per heavy atom. The van der Waals surface area contributed by atoms with Crippen molar-refractivity contribution in [2.45, 2.75) is 65.2 Å². The molecule has 0 aromatic carbocycles. The summed E-state index contributed by atoms with van der Waals surface area (Å²) in [6.07, 6.45) is 11.5. The minimum absolute atomic E-state index is 1.00. The zero-order valence-corrected chi connectivity index (χ0v) is 8.73. The molecule has 0 aliphatic heterocycles. The van der Waals surface area contributed by atoms with Gasteiger partial charge in [-0.1, -0.05) is 39.5 Å². The predicted molar refractivity (Wildman–Crippen MR) is 55.0 cm³/mol. The third-order valence-electron chi connectivity index (χ3n) is 3.21. The van der Waals surface area contributed by atoms with E-state index >= 15 is 0 Å². The van der Waals surface area contributed by atoms with E-state index in [2.05, 4.69) is 13.8 Å². The van der Waals surface area contributed by atoms with Crippen molar-refractivity contribution in [3.8, 4) is 0 Å². The highest BCUT2D eigenvalue weighted by Gasteiger charge is 2.21. The minimum Gasteiger partial charge on any atom is -0.0654 e. The van der Waals surface area contributed by atoms with Crippen LogP contribution in [0.15, 0.2) is 0 Å². The second-order valence-corrected chi connectivity index (χ2v) is 4.10. The van der Waals surface area contributed by atoms with Gasteiger partial charge in [0, 0.05) is 0 Å². The van der Waals surface area contributed by atoms with Crippen LogP contribution >= 0.6 is 0 Å². The van der Waals surface area contributed by atoms with Crippen LogP contribution in [0.25, 0.3) is 0 Å². The van der Waals surface area contributed by atoms with E-state index in [1.807, 2.05) is 5.92 Å². The molecule has 0 saturated heterocycles. The second kappa shape index (κ2) is 5.61. The van der Waals surface area contributed by atoms with Crippen LogP contribution in [-0.2, 0) is 0 Å². The summed E-state index contributed by atoms with van der Waals surface area (Å²) in [5.41, 5.74) is 0. The van der Waals surface area contributed by atoms with Crippen LogP contribution in [-0.4, -0.2) is 0 Å². The molecular formula is C12H23. The Bertz CT molecular complexity index is 97.9. The lowest BCUT2D eigenvalue weighted by Gasteiger charge is -2.28. The van der Waals surface area contributed by atoms with Gasteiger partial charge in [0.2, 0.25) is 0 Å². The van der Waals surface area contributed by atoms with Gasteiger partial charge < -0.3 is 0 Å². The van der Waals surface area contributed by atoms with E-state index in [0.29, 0.717) is 0 Å². The molecule has 1 rings (SSSR count). The third-order valence-corrected chi connectivity index (χ3v) is 3.21. The van der Waals surface area contributed by atoms with E-state index in [0.717, 1.165) is 5.92 Å². The Labute approximate surface area is 77.7 Å². The molecule has 0 aromatic heterocycles. The maximum absolute atomic E-state index is 2.33. The van der Waals surface area contributed by atoms with Gasteiger partial charge in [-0.25, -0.2) is 0 Å². The fourth-order valence-corrected chi connectivity index (χ4v) is 2.50. The molecule has 1 aliphatic rings. The molecule has 1 radical (unpaired) electrons. The van der Waals surface area contributed by atoms with Gasteiger partial charge in [-0.05, 0) is 37.5 Å². The molecular weight excluding hydrogens is 144 g/mol. The van der Waals surface area contributed by atoms with Gasteiger partial charge >= 0.3 is 0 Å². The first-order chi connectivity index (χ1) is 5.88. The highest BCUT2D eigenvalue weighted by molar-refractivity contribution is 4.95. The van der Waals surface area contributed by atoms with Crippen molar-refractivity contribution in [1.29, 1.82) is 0 Å². The summed E-state index contributed by atoms with van der Waals surface area (Å²) in [7, 11) is 0. The fraction of sp³-hybridized carbons (Fsp3) is 0.917. The molecule has 1 aliphatic carbocycles. The van der Waals surface area contributed by atoms with Crippen LogP contribution in [0.4, 0.5) is 0 Å². The molecule has 0 spiro atoms. The molecule has 0 N–H and O–H groups in total. The molecule has 0 atom stereocenters. The maximum Gasteiger partial charge on any atom is -0.0213 e. The van der Waals surface area contributed by atoms with Crippen molar-refractivity contribution < 1.29 is 0 Å². The smallest absolute Gasteiger partial charge is 0.0213 e. The molecule has 0 aromatic rings. The molecule has 1 saturated carbocycles. The zero-order valence-electron chi connectivity index (χ0n) is 8.73. The minimum atomic E-state index is 1.00. The van der Waals surface area contributed by atoms with Gasteiger partial charge in [0.25, 0.3) is 0 Å². The summed E-state index contributed by atoms with van der Waals surface area (Å²) < 4.78 is 0. The van der Waals surface area contributed by atoms with Crippen molar-refractivity contribution in [3.63, 3.8) is 0 Å². The maximum atomic E-state index is 2.33. The van der Waals surface area contributed by atoms with E-state index in [4.69, 9.17) is 0 Å². The third kappa shape index (κ3) is 2.80. The molecule has 0 amide bonds. The summed E-state index contributed by atoms with van der Waals surface area (Å²) in [6.45, 7) is 4.64. The molecule has 1 fully saturated rings. The predicted octanol–water partition coefficient (Wildman–Crippen LogP) is 4.35. The first-order valence-electron chi connectivity index (χ1n) is 5.73. The lowest BCUT2D eigenvalue weighted by atomic mass is 9.77. The Morgan fingerprint density at radius 1 is 1.08 bits per heavy atom. The molecule has 0 nitrogen and oxygen atoms in total. The lowest BCUT2D eigenvalue weighted by molar-refractivity contribution is 0.347. The van der Waals surface area contributed by atoms with Crippen molar-refractivity contribution in [3.05, 3.63) is 5.92 Å². The summed E-state index contributed by atoms with van der Waals surface area (Å²) in [4.78, 5) is 0. The SMILES string of the molecule is CCC[C](CC)C1CCCCC1. The number of rotatable bonds is 4. The largest absolute Gasteiger partial charge is 0.0654 e. The van der Waals surface area contributed by atoms with Crippen molar-refractivity contribution in [1.82, 2.24) is 0 Å². The molecule has 0 unspecified atom stereocenters. The Kier molecular flexibility index (Phi) is 4.72. The highest BCUT2D eigenvalue weighted by atomic mass is 14.3. The Balaban J connectivity index is 2.29. The Morgan fingerprint density at radius 2 is 1.75 bits per heavy atom. The second-order valence-electron chi connectivity index (χ2n) is 4.10. The standard InChI is InChI=1S/C12H23/c1-3-8-11(4-2)12-9-6-5-7-10-12/h12H,3-10H2,1-2H3. The summed E-state index contributed by atoms with van der Waals surface area (Å²) in [5, 5.41) is 0. The van der Waals surface area contributed by atoms with Crippen LogP contribution in [0.1, 0.15) is 65.2 Å². The van der Waals surface area contributed by atoms with Crippen LogP contribution in [0.3, 0.4) is 0 Å². The van der Waals surface area contributed by atoms with Gasteiger partial charge in [-0.2, -0.15) is 0 Å². The van der Waals surface area contributed by atoms with Gasteiger partial charge in [0.1, 0.15) is 0 Å². The Hall–Kier alpha value is 0. The zero-order chi connectivity index (χ0) is 8.81. The van der Waals surface area contributed by atoms with Gasteiger partial charge in [0.15, 0.2) is 0 Å². The normalized spacial score (nSPS) is 20.2. The topological polar surface area (TPSA) is 0 Å². The molecule has 12 heavy (non-hydrogen) atoms. The van der Waals surface area contributed by atoms with E-state index < -0.39 is 0 Å². The van der Waals surface area contributed by atoms with Crippen molar-refractivity contribution in [2.75, 3.05) is 0 Å². The monoisotopic (exact) mass is 167 g/mol. The number of hydrogen-bond acceptors (Lipinski definition) is 0. The summed E-state index contributed by atoms with van der Waals surface area (Å²) in [5.74, 6) is 2.86. The van der Waals surface area contributed by atoms with Gasteiger partial charge in [0.05, 0.1) is 0 Å². The molecule has 71 valence electrons. The van der Waals surface area contributed by atoms with Crippen LogP contribution < -0.4 is 0 Å².